The minimum atomic E-state index is -0.694. The van der Waals surface area contributed by atoms with Gasteiger partial charge in [0.1, 0.15) is 17.8 Å². The van der Waals surface area contributed by atoms with Gasteiger partial charge in [-0.15, -0.1) is 0 Å². The number of carbonyl (C=O) groups is 2. The van der Waals surface area contributed by atoms with E-state index in [1.165, 1.54) is 17.5 Å². The van der Waals surface area contributed by atoms with Crippen LogP contribution in [-0.2, 0) is 17.8 Å². The molecule has 2 aliphatic rings. The second-order valence-electron chi connectivity index (χ2n) is 9.22. The molecule has 1 saturated heterocycles. The fraction of sp³-hybridized carbons (Fsp3) is 0.520. The molecule has 1 aromatic heterocycles. The maximum absolute atomic E-state index is 12.7. The van der Waals surface area contributed by atoms with E-state index < -0.39 is 6.10 Å². The molecular weight excluding hydrogens is 432 g/mol. The number of rotatable bonds is 7. The fourth-order valence-corrected chi connectivity index (χ4v) is 4.68. The maximum Gasteiger partial charge on any atom is 0.270 e. The molecule has 0 aliphatic carbocycles. The maximum atomic E-state index is 12.7. The first kappa shape index (κ1) is 24.1. The zero-order chi connectivity index (χ0) is 24.1. The van der Waals surface area contributed by atoms with Crippen molar-refractivity contribution in [3.8, 4) is 0 Å². The van der Waals surface area contributed by atoms with Crippen LogP contribution in [0.25, 0.3) is 0 Å². The van der Waals surface area contributed by atoms with Crippen molar-refractivity contribution in [1.29, 1.82) is 0 Å². The molecule has 2 aromatic rings. The van der Waals surface area contributed by atoms with Gasteiger partial charge in [0.2, 0.25) is 5.91 Å². The summed E-state index contributed by atoms with van der Waals surface area (Å²) in [7, 11) is 0. The van der Waals surface area contributed by atoms with Gasteiger partial charge in [-0.3, -0.25) is 14.5 Å². The number of anilines is 1. The van der Waals surface area contributed by atoms with Gasteiger partial charge in [-0.05, 0) is 37.3 Å². The highest BCUT2D eigenvalue weighted by Gasteiger charge is 2.26. The third kappa shape index (κ3) is 5.90. The summed E-state index contributed by atoms with van der Waals surface area (Å²) in [6.45, 7) is 6.84. The largest absolute Gasteiger partial charge is 0.390 e. The van der Waals surface area contributed by atoms with Gasteiger partial charge in [0.05, 0.1) is 6.10 Å². The van der Waals surface area contributed by atoms with Crippen molar-refractivity contribution >= 4 is 17.6 Å². The third-order valence-corrected chi connectivity index (χ3v) is 6.96. The Morgan fingerprint density at radius 3 is 2.62 bits per heavy atom. The van der Waals surface area contributed by atoms with Gasteiger partial charge in [-0.25, -0.2) is 9.97 Å². The summed E-state index contributed by atoms with van der Waals surface area (Å²) < 4.78 is 0. The number of fused-ring (bicyclic) bond motifs is 1. The smallest absolute Gasteiger partial charge is 0.270 e. The van der Waals surface area contributed by atoms with E-state index in [-0.39, 0.29) is 36.1 Å². The lowest BCUT2D eigenvalue weighted by molar-refractivity contribution is -0.129. The Morgan fingerprint density at radius 1 is 1.15 bits per heavy atom. The quantitative estimate of drug-likeness (QED) is 0.566. The number of carbonyl (C=O) groups excluding carboxylic acids is 2. The molecule has 2 aliphatic heterocycles. The molecule has 0 bridgehead atoms. The van der Waals surface area contributed by atoms with Crippen molar-refractivity contribution in [2.75, 3.05) is 31.5 Å². The molecule has 0 radical (unpaired) electrons. The Labute approximate surface area is 200 Å². The van der Waals surface area contributed by atoms with Crippen molar-refractivity contribution < 1.29 is 14.7 Å². The molecule has 3 heterocycles. The van der Waals surface area contributed by atoms with Crippen LogP contribution < -0.4 is 10.6 Å². The monoisotopic (exact) mass is 466 g/mol. The number of benzene rings is 1. The van der Waals surface area contributed by atoms with E-state index in [0.29, 0.717) is 18.9 Å². The highest BCUT2D eigenvalue weighted by atomic mass is 16.3. The first-order valence-electron chi connectivity index (χ1n) is 12.0. The standard InChI is InChI=1S/C25H34N6O3/c1-17(31-10-7-19-5-3-4-6-20(19)15-31)23(33)14-26-25(34)22-13-24(28-16-27-22)29-21-8-11-30(12-9-21)18(2)32/h3-6,13,16-17,21,23,33H,7-12,14-15H2,1-2H3,(H,26,34)(H,27,28,29). The summed E-state index contributed by atoms with van der Waals surface area (Å²) in [6, 6.07) is 10.1. The van der Waals surface area contributed by atoms with Crippen molar-refractivity contribution in [3.05, 3.63) is 53.5 Å². The second-order valence-corrected chi connectivity index (χ2v) is 9.22. The number of nitrogens with zero attached hydrogens (tertiary/aromatic N) is 4. The zero-order valence-corrected chi connectivity index (χ0v) is 19.9. The van der Waals surface area contributed by atoms with Gasteiger partial charge in [-0.2, -0.15) is 0 Å². The summed E-state index contributed by atoms with van der Waals surface area (Å²) in [6.07, 6.45) is 3.29. The average molecular weight is 467 g/mol. The van der Waals surface area contributed by atoms with Crippen LogP contribution >= 0.6 is 0 Å². The van der Waals surface area contributed by atoms with Crippen LogP contribution in [0.5, 0.6) is 0 Å². The molecule has 0 spiro atoms. The van der Waals surface area contributed by atoms with Crippen LogP contribution in [0.1, 0.15) is 48.3 Å². The van der Waals surface area contributed by atoms with Gasteiger partial charge in [0.25, 0.3) is 5.91 Å². The lowest BCUT2D eigenvalue weighted by Gasteiger charge is -2.36. The number of nitrogens with one attached hydrogen (secondary N) is 2. The molecular formula is C25H34N6O3. The molecule has 1 fully saturated rings. The summed E-state index contributed by atoms with van der Waals surface area (Å²) in [5, 5.41) is 16.9. The number of amides is 2. The molecule has 9 heteroatoms. The first-order chi connectivity index (χ1) is 16.4. The molecule has 2 unspecified atom stereocenters. The van der Waals surface area contributed by atoms with Crippen LogP contribution in [0.4, 0.5) is 5.82 Å². The predicted octanol–water partition coefficient (Wildman–Crippen LogP) is 1.44. The van der Waals surface area contributed by atoms with Gasteiger partial charge in [0, 0.05) is 57.8 Å². The van der Waals surface area contributed by atoms with Crippen molar-refractivity contribution in [3.63, 3.8) is 0 Å². The van der Waals surface area contributed by atoms with Gasteiger partial charge in [0.15, 0.2) is 0 Å². The Kier molecular flexibility index (Phi) is 7.74. The van der Waals surface area contributed by atoms with Gasteiger partial charge in [-0.1, -0.05) is 24.3 Å². The minimum Gasteiger partial charge on any atom is -0.390 e. The molecule has 1 aromatic carbocycles. The van der Waals surface area contributed by atoms with E-state index in [9.17, 15) is 14.7 Å². The van der Waals surface area contributed by atoms with Gasteiger partial charge < -0.3 is 20.6 Å². The number of aliphatic hydroxyl groups excluding tert-OH is 1. The van der Waals surface area contributed by atoms with E-state index in [1.54, 1.807) is 13.0 Å². The second kappa shape index (κ2) is 10.9. The van der Waals surface area contributed by atoms with Crippen LogP contribution in [0.2, 0.25) is 0 Å². The normalized spacial score (nSPS) is 18.6. The SMILES string of the molecule is CC(=O)N1CCC(Nc2cc(C(=O)NCC(O)C(C)N3CCc4ccccc4C3)ncn2)CC1. The van der Waals surface area contributed by atoms with Crippen LogP contribution in [0, 0.1) is 0 Å². The van der Waals surface area contributed by atoms with E-state index in [4.69, 9.17) is 0 Å². The highest BCUT2D eigenvalue weighted by molar-refractivity contribution is 5.92. The number of hydrogen-bond acceptors (Lipinski definition) is 7. The lowest BCUT2D eigenvalue weighted by atomic mass is 9.98. The molecule has 34 heavy (non-hydrogen) atoms. The fourth-order valence-electron chi connectivity index (χ4n) is 4.68. The molecule has 2 atom stereocenters. The number of hydrogen-bond donors (Lipinski definition) is 3. The van der Waals surface area contributed by atoms with Crippen LogP contribution in [0.3, 0.4) is 0 Å². The van der Waals surface area contributed by atoms with Crippen molar-refractivity contribution in [2.24, 2.45) is 0 Å². The summed E-state index contributed by atoms with van der Waals surface area (Å²) in [4.78, 5) is 36.6. The molecule has 182 valence electrons. The first-order valence-corrected chi connectivity index (χ1v) is 12.0. The van der Waals surface area contributed by atoms with Crippen molar-refractivity contribution in [1.82, 2.24) is 25.1 Å². The molecule has 2 amide bonds. The molecule has 3 N–H and O–H groups in total. The topological polar surface area (TPSA) is 111 Å². The predicted molar refractivity (Wildman–Crippen MR) is 129 cm³/mol. The number of piperidine rings is 1. The third-order valence-electron chi connectivity index (χ3n) is 6.96. The number of aromatic nitrogens is 2. The summed E-state index contributed by atoms with van der Waals surface area (Å²) >= 11 is 0. The van der Waals surface area contributed by atoms with E-state index in [0.717, 1.165) is 32.4 Å². The Morgan fingerprint density at radius 2 is 1.88 bits per heavy atom. The lowest BCUT2D eigenvalue weighted by Crippen LogP contribution is -2.48. The van der Waals surface area contributed by atoms with E-state index in [1.807, 2.05) is 17.9 Å². The summed E-state index contributed by atoms with van der Waals surface area (Å²) in [5.41, 5.74) is 2.92. The Bertz CT molecular complexity index is 1010. The zero-order valence-electron chi connectivity index (χ0n) is 19.9. The Hall–Kier alpha value is -3.04. The average Bonchev–Trinajstić information content (AvgIpc) is 2.86. The van der Waals surface area contributed by atoms with Gasteiger partial charge >= 0.3 is 0 Å². The molecule has 9 nitrogen and oxygen atoms in total. The Balaban J connectivity index is 1.26. The van der Waals surface area contributed by atoms with E-state index >= 15 is 0 Å². The van der Waals surface area contributed by atoms with Crippen LogP contribution in [0.15, 0.2) is 36.7 Å². The number of aliphatic hydroxyl groups is 1. The van der Waals surface area contributed by atoms with E-state index in [2.05, 4.69) is 43.7 Å². The molecule has 0 saturated carbocycles. The number of likely N-dealkylation sites (tertiary alicyclic amines) is 1. The van der Waals surface area contributed by atoms with Crippen LogP contribution in [-0.4, -0.2) is 81.1 Å². The highest BCUT2D eigenvalue weighted by Crippen LogP contribution is 2.21. The summed E-state index contributed by atoms with van der Waals surface area (Å²) in [5.74, 6) is 0.343. The molecule has 4 rings (SSSR count). The minimum absolute atomic E-state index is 0.0860. The van der Waals surface area contributed by atoms with Crippen molar-refractivity contribution in [2.45, 2.75) is 57.8 Å².